The van der Waals surface area contributed by atoms with Crippen LogP contribution in [-0.2, 0) is 14.3 Å². The summed E-state index contributed by atoms with van der Waals surface area (Å²) in [6.45, 7) is 2.00. The molecular formula is C22H21N3O6S. The fourth-order valence-electron chi connectivity index (χ4n) is 2.81. The lowest BCUT2D eigenvalue weighted by molar-refractivity contribution is -0.128. The number of esters is 1. The Balaban J connectivity index is 1.72. The highest BCUT2D eigenvalue weighted by Gasteiger charge is 2.34. The molecule has 9 nitrogen and oxygen atoms in total. The predicted molar refractivity (Wildman–Crippen MR) is 120 cm³/mol. The Morgan fingerprint density at radius 3 is 2.34 bits per heavy atom. The van der Waals surface area contributed by atoms with Crippen LogP contribution in [0.5, 0.6) is 0 Å². The molecule has 0 radical (unpaired) electrons. The molecule has 1 atom stereocenters. The van der Waals surface area contributed by atoms with Crippen LogP contribution in [0.3, 0.4) is 0 Å². The van der Waals surface area contributed by atoms with E-state index in [1.807, 2.05) is 0 Å². The molecule has 0 aromatic heterocycles. The van der Waals surface area contributed by atoms with Crippen LogP contribution in [0.25, 0.3) is 0 Å². The van der Waals surface area contributed by atoms with E-state index in [9.17, 15) is 19.2 Å². The number of benzene rings is 2. The van der Waals surface area contributed by atoms with Gasteiger partial charge in [0.1, 0.15) is 5.25 Å². The Labute approximate surface area is 188 Å². The number of rotatable bonds is 6. The molecule has 1 fully saturated rings. The second-order valence-electron chi connectivity index (χ2n) is 6.80. The molecule has 1 heterocycles. The third kappa shape index (κ3) is 5.52. The van der Waals surface area contributed by atoms with E-state index in [1.54, 1.807) is 38.2 Å². The molecule has 0 bridgehead atoms. The van der Waals surface area contributed by atoms with E-state index in [0.29, 0.717) is 22.1 Å². The minimum absolute atomic E-state index is 0.00102. The third-order valence-corrected chi connectivity index (χ3v) is 5.80. The summed E-state index contributed by atoms with van der Waals surface area (Å²) in [6, 6.07) is 12.2. The van der Waals surface area contributed by atoms with E-state index in [4.69, 9.17) is 9.84 Å². The fourth-order valence-corrected chi connectivity index (χ4v) is 3.88. The van der Waals surface area contributed by atoms with Gasteiger partial charge in [0.15, 0.2) is 5.17 Å². The zero-order chi connectivity index (χ0) is 23.3. The van der Waals surface area contributed by atoms with E-state index < -0.39 is 17.2 Å². The number of anilines is 1. The van der Waals surface area contributed by atoms with E-state index in [0.717, 1.165) is 11.8 Å². The van der Waals surface area contributed by atoms with Crippen molar-refractivity contribution in [1.82, 2.24) is 4.90 Å². The topological polar surface area (TPSA) is 125 Å². The lowest BCUT2D eigenvalue weighted by atomic mass is 10.2. The number of amidine groups is 1. The average Bonchev–Trinajstić information content (AvgIpc) is 2.77. The Kier molecular flexibility index (Phi) is 7.26. The first-order chi connectivity index (χ1) is 15.3. The molecule has 1 saturated heterocycles. The summed E-state index contributed by atoms with van der Waals surface area (Å²) in [4.78, 5) is 53.7. The molecule has 2 aromatic rings. The van der Waals surface area contributed by atoms with Crippen LogP contribution in [0, 0.1) is 0 Å². The number of hydrogen-bond donors (Lipinski definition) is 2. The highest BCUT2D eigenvalue weighted by Crippen LogP contribution is 2.29. The number of hydrogen-bond acceptors (Lipinski definition) is 7. The third-order valence-electron chi connectivity index (χ3n) is 4.56. The van der Waals surface area contributed by atoms with Gasteiger partial charge in [0.2, 0.25) is 11.8 Å². The van der Waals surface area contributed by atoms with Gasteiger partial charge in [-0.25, -0.2) is 14.6 Å². The smallest absolute Gasteiger partial charge is 0.338 e. The van der Waals surface area contributed by atoms with Gasteiger partial charge in [-0.05, 0) is 55.5 Å². The number of amides is 2. The molecule has 1 aliphatic rings. The molecule has 32 heavy (non-hydrogen) atoms. The molecule has 0 aliphatic carbocycles. The first kappa shape index (κ1) is 23.0. The maximum absolute atomic E-state index is 12.7. The zero-order valence-electron chi connectivity index (χ0n) is 17.4. The number of nitrogens with one attached hydrogen (secondary N) is 1. The van der Waals surface area contributed by atoms with Crippen molar-refractivity contribution in [3.8, 4) is 0 Å². The number of carbonyl (C=O) groups is 4. The number of nitrogens with zero attached hydrogens (tertiary/aromatic N) is 2. The molecule has 10 heteroatoms. The second-order valence-corrected chi connectivity index (χ2v) is 7.97. The first-order valence-electron chi connectivity index (χ1n) is 9.71. The minimum Gasteiger partial charge on any atom is -0.478 e. The largest absolute Gasteiger partial charge is 0.478 e. The summed E-state index contributed by atoms with van der Waals surface area (Å²) in [5.41, 5.74) is 1.45. The van der Waals surface area contributed by atoms with Crippen LogP contribution in [0.4, 0.5) is 11.4 Å². The van der Waals surface area contributed by atoms with Crippen molar-refractivity contribution in [2.75, 3.05) is 19.0 Å². The molecule has 0 spiro atoms. The van der Waals surface area contributed by atoms with Gasteiger partial charge >= 0.3 is 11.9 Å². The maximum Gasteiger partial charge on any atom is 0.338 e. The van der Waals surface area contributed by atoms with Crippen LogP contribution in [0.2, 0.25) is 0 Å². The van der Waals surface area contributed by atoms with E-state index in [1.165, 1.54) is 29.2 Å². The number of aliphatic imine (C=N–C) groups is 1. The highest BCUT2D eigenvalue weighted by molar-refractivity contribution is 8.15. The predicted octanol–water partition coefficient (Wildman–Crippen LogP) is 3.15. The Bertz CT molecular complexity index is 1070. The van der Waals surface area contributed by atoms with Crippen LogP contribution >= 0.6 is 11.8 Å². The van der Waals surface area contributed by atoms with Crippen molar-refractivity contribution < 1.29 is 29.0 Å². The molecule has 3 rings (SSSR count). The van der Waals surface area contributed by atoms with Crippen LogP contribution in [0.1, 0.15) is 34.1 Å². The van der Waals surface area contributed by atoms with Gasteiger partial charge in [0.05, 0.1) is 23.4 Å². The summed E-state index contributed by atoms with van der Waals surface area (Å²) < 4.78 is 4.95. The van der Waals surface area contributed by atoms with E-state index in [2.05, 4.69) is 10.3 Å². The standard InChI is InChI=1S/C22H21N3O6S/c1-3-31-21(30)14-6-10-16(11-7-14)24-22-25(2)18(26)12-17(32-22)19(27)23-15-8-4-13(5-9-15)20(28)29/h4-11,17H,3,12H2,1-2H3,(H,23,27)(H,28,29)/t17-/m0/s1. The number of aromatic carboxylic acids is 1. The maximum atomic E-state index is 12.7. The normalized spacial score (nSPS) is 17.2. The average molecular weight is 455 g/mol. The van der Waals surface area contributed by atoms with Crippen LogP contribution in [0.15, 0.2) is 53.5 Å². The monoisotopic (exact) mass is 455 g/mol. The first-order valence-corrected chi connectivity index (χ1v) is 10.6. The van der Waals surface area contributed by atoms with Gasteiger partial charge in [-0.1, -0.05) is 11.8 Å². The Hall–Kier alpha value is -3.66. The van der Waals surface area contributed by atoms with Gasteiger partial charge in [0, 0.05) is 19.2 Å². The van der Waals surface area contributed by atoms with Crippen molar-refractivity contribution in [2.45, 2.75) is 18.6 Å². The summed E-state index contributed by atoms with van der Waals surface area (Å²) in [5.74, 6) is -2.13. The number of carboxylic acids is 1. The number of carbonyl (C=O) groups excluding carboxylic acids is 3. The van der Waals surface area contributed by atoms with Crippen molar-refractivity contribution in [3.05, 3.63) is 59.7 Å². The Morgan fingerprint density at radius 2 is 1.75 bits per heavy atom. The van der Waals surface area contributed by atoms with Gasteiger partial charge in [0.25, 0.3) is 0 Å². The molecular weight excluding hydrogens is 434 g/mol. The molecule has 2 N–H and O–H groups in total. The number of carboxylic acid groups (broad SMARTS) is 1. The lowest BCUT2D eigenvalue weighted by Crippen LogP contribution is -2.43. The SMILES string of the molecule is CCOC(=O)c1ccc(N=C2S[C@H](C(=O)Nc3ccc(C(=O)O)cc3)CC(=O)N2C)cc1. The van der Waals surface area contributed by atoms with Gasteiger partial charge in [-0.2, -0.15) is 0 Å². The van der Waals surface area contributed by atoms with Crippen molar-refractivity contribution >= 4 is 52.1 Å². The van der Waals surface area contributed by atoms with Crippen molar-refractivity contribution in [2.24, 2.45) is 4.99 Å². The molecule has 166 valence electrons. The molecule has 1 aliphatic heterocycles. The van der Waals surface area contributed by atoms with Crippen LogP contribution in [-0.4, -0.2) is 57.8 Å². The summed E-state index contributed by atoms with van der Waals surface area (Å²) >= 11 is 1.15. The van der Waals surface area contributed by atoms with Crippen molar-refractivity contribution in [1.29, 1.82) is 0 Å². The molecule has 2 amide bonds. The molecule has 0 saturated carbocycles. The summed E-state index contributed by atoms with van der Waals surface area (Å²) in [7, 11) is 1.58. The van der Waals surface area contributed by atoms with E-state index in [-0.39, 0.29) is 30.4 Å². The van der Waals surface area contributed by atoms with Crippen LogP contribution < -0.4 is 5.32 Å². The summed E-state index contributed by atoms with van der Waals surface area (Å²) in [6.07, 6.45) is 0.00102. The number of ether oxygens (including phenoxy) is 1. The van der Waals surface area contributed by atoms with Gasteiger partial charge in [-0.3, -0.25) is 14.5 Å². The highest BCUT2D eigenvalue weighted by atomic mass is 32.2. The Morgan fingerprint density at radius 1 is 1.12 bits per heavy atom. The number of thioether (sulfide) groups is 1. The summed E-state index contributed by atoms with van der Waals surface area (Å²) in [5, 5.41) is 11.3. The minimum atomic E-state index is -1.06. The fraction of sp³-hybridized carbons (Fsp3) is 0.227. The molecule has 2 aromatic carbocycles. The van der Waals surface area contributed by atoms with E-state index >= 15 is 0 Å². The van der Waals surface area contributed by atoms with Crippen molar-refractivity contribution in [3.63, 3.8) is 0 Å². The van der Waals surface area contributed by atoms with Gasteiger partial charge in [-0.15, -0.1) is 0 Å². The lowest BCUT2D eigenvalue weighted by Gasteiger charge is -2.28. The quantitative estimate of drug-likeness (QED) is 0.641. The molecule has 0 unspecified atom stereocenters. The van der Waals surface area contributed by atoms with Gasteiger partial charge < -0.3 is 15.2 Å². The second kappa shape index (κ2) is 10.1. The zero-order valence-corrected chi connectivity index (χ0v) is 18.2.